The fourth-order valence-electron chi connectivity index (χ4n) is 2.60. The Morgan fingerprint density at radius 2 is 1.81 bits per heavy atom. The Balaban J connectivity index is 1.87. The summed E-state index contributed by atoms with van der Waals surface area (Å²) in [4.78, 5) is 12.1. The van der Waals surface area contributed by atoms with Crippen LogP contribution in [0.25, 0.3) is 0 Å². The van der Waals surface area contributed by atoms with Crippen LogP contribution in [0.3, 0.4) is 0 Å². The molecular weight excluding hydrogens is 368 g/mol. The van der Waals surface area contributed by atoms with Crippen molar-refractivity contribution < 1.29 is 22.7 Å². The number of carbonyl (C=O) groups excluding carboxylic acids is 1. The van der Waals surface area contributed by atoms with E-state index in [1.807, 2.05) is 24.3 Å². The smallest absolute Gasteiger partial charge is 0.241 e. The quantitative estimate of drug-likeness (QED) is 0.677. The topological polar surface area (TPSA) is 93.7 Å². The standard InChI is InChI=1S/C19H24N2O5S/c1-14-12-16(25-2)8-9-18(14)27(23,24)21-13-19(22)20-11-10-15-6-4-5-7-17(15)26-3/h4-9,12,21H,10-11,13H2,1-3H3,(H,20,22). The number of ether oxygens (including phenoxy) is 2. The Kier molecular flexibility index (Phi) is 7.20. The molecule has 0 fully saturated rings. The van der Waals surface area contributed by atoms with Crippen LogP contribution >= 0.6 is 0 Å². The van der Waals surface area contributed by atoms with Crippen LogP contribution in [0, 0.1) is 6.92 Å². The molecule has 146 valence electrons. The number of sulfonamides is 1. The maximum atomic E-state index is 12.4. The highest BCUT2D eigenvalue weighted by Gasteiger charge is 2.18. The van der Waals surface area contributed by atoms with Crippen molar-refractivity contribution in [1.82, 2.24) is 10.0 Å². The van der Waals surface area contributed by atoms with E-state index in [2.05, 4.69) is 10.0 Å². The Bertz CT molecular complexity index is 897. The minimum absolute atomic E-state index is 0.116. The van der Waals surface area contributed by atoms with E-state index in [0.717, 1.165) is 11.3 Å². The van der Waals surface area contributed by atoms with Crippen molar-refractivity contribution in [3.8, 4) is 11.5 Å². The van der Waals surface area contributed by atoms with E-state index in [0.29, 0.717) is 24.3 Å². The van der Waals surface area contributed by atoms with Gasteiger partial charge in [0.25, 0.3) is 0 Å². The van der Waals surface area contributed by atoms with E-state index in [1.165, 1.54) is 13.2 Å². The van der Waals surface area contributed by atoms with Gasteiger partial charge in [-0.05, 0) is 48.7 Å². The molecule has 0 aliphatic carbocycles. The highest BCUT2D eigenvalue weighted by molar-refractivity contribution is 7.89. The lowest BCUT2D eigenvalue weighted by molar-refractivity contribution is -0.119. The van der Waals surface area contributed by atoms with Gasteiger partial charge in [-0.25, -0.2) is 13.1 Å². The summed E-state index contributed by atoms with van der Waals surface area (Å²) in [5, 5.41) is 2.70. The fraction of sp³-hybridized carbons (Fsp3) is 0.316. The molecule has 2 aromatic rings. The monoisotopic (exact) mass is 392 g/mol. The van der Waals surface area contributed by atoms with Crippen molar-refractivity contribution >= 4 is 15.9 Å². The summed E-state index contributed by atoms with van der Waals surface area (Å²) >= 11 is 0. The van der Waals surface area contributed by atoms with Crippen molar-refractivity contribution in [3.63, 3.8) is 0 Å². The average molecular weight is 392 g/mol. The second-order valence-electron chi connectivity index (χ2n) is 5.87. The van der Waals surface area contributed by atoms with Crippen LogP contribution in [-0.4, -0.2) is 41.6 Å². The lowest BCUT2D eigenvalue weighted by atomic mass is 10.1. The van der Waals surface area contributed by atoms with Gasteiger partial charge in [0.1, 0.15) is 11.5 Å². The van der Waals surface area contributed by atoms with Gasteiger partial charge >= 0.3 is 0 Å². The molecule has 0 aliphatic rings. The highest BCUT2D eigenvalue weighted by atomic mass is 32.2. The molecule has 0 saturated carbocycles. The van der Waals surface area contributed by atoms with Crippen molar-refractivity contribution in [2.45, 2.75) is 18.2 Å². The third-order valence-corrected chi connectivity index (χ3v) is 5.56. The van der Waals surface area contributed by atoms with Crippen LogP contribution in [-0.2, 0) is 21.2 Å². The maximum absolute atomic E-state index is 12.4. The minimum atomic E-state index is -3.79. The number of carbonyl (C=O) groups is 1. The molecule has 0 bridgehead atoms. The SMILES string of the molecule is COc1ccc(S(=O)(=O)NCC(=O)NCCc2ccccc2OC)c(C)c1. The average Bonchev–Trinajstić information content (AvgIpc) is 2.66. The van der Waals surface area contributed by atoms with Gasteiger partial charge in [0.05, 0.1) is 25.7 Å². The summed E-state index contributed by atoms with van der Waals surface area (Å²) in [5.41, 5.74) is 1.51. The molecule has 0 saturated heterocycles. The summed E-state index contributed by atoms with van der Waals surface area (Å²) in [6.07, 6.45) is 0.583. The van der Waals surface area contributed by atoms with Gasteiger partial charge < -0.3 is 14.8 Å². The molecule has 0 spiro atoms. The van der Waals surface area contributed by atoms with Crippen molar-refractivity contribution in [1.29, 1.82) is 0 Å². The van der Waals surface area contributed by atoms with Gasteiger partial charge in [-0.3, -0.25) is 4.79 Å². The van der Waals surface area contributed by atoms with Gasteiger partial charge in [0.2, 0.25) is 15.9 Å². The number of nitrogens with one attached hydrogen (secondary N) is 2. The van der Waals surface area contributed by atoms with Gasteiger partial charge in [-0.2, -0.15) is 0 Å². The molecule has 7 nitrogen and oxygen atoms in total. The first kappa shape index (κ1) is 20.7. The molecule has 0 aromatic heterocycles. The van der Waals surface area contributed by atoms with Gasteiger partial charge in [-0.15, -0.1) is 0 Å². The Hall–Kier alpha value is -2.58. The zero-order chi connectivity index (χ0) is 19.9. The number of amides is 1. The lowest BCUT2D eigenvalue weighted by Crippen LogP contribution is -2.37. The number of hydrogen-bond donors (Lipinski definition) is 2. The molecule has 0 radical (unpaired) electrons. The van der Waals surface area contributed by atoms with Gasteiger partial charge in [-0.1, -0.05) is 18.2 Å². The molecule has 2 N–H and O–H groups in total. The number of methoxy groups -OCH3 is 2. The van der Waals surface area contributed by atoms with E-state index in [4.69, 9.17) is 9.47 Å². The van der Waals surface area contributed by atoms with Gasteiger partial charge in [0.15, 0.2) is 0 Å². The van der Waals surface area contributed by atoms with E-state index in [9.17, 15) is 13.2 Å². The van der Waals surface area contributed by atoms with Crippen molar-refractivity contribution in [3.05, 3.63) is 53.6 Å². The van der Waals surface area contributed by atoms with Gasteiger partial charge in [0, 0.05) is 6.54 Å². The molecule has 2 aromatic carbocycles. The third kappa shape index (κ3) is 5.70. The molecule has 0 heterocycles. The van der Waals surface area contributed by atoms with E-state index >= 15 is 0 Å². The molecule has 0 aliphatic heterocycles. The predicted molar refractivity (Wildman–Crippen MR) is 103 cm³/mol. The molecule has 27 heavy (non-hydrogen) atoms. The normalized spacial score (nSPS) is 11.1. The second kappa shape index (κ2) is 9.38. The zero-order valence-corrected chi connectivity index (χ0v) is 16.4. The van der Waals surface area contributed by atoms with Crippen LogP contribution < -0.4 is 19.5 Å². The summed E-state index contributed by atoms with van der Waals surface area (Å²) in [6, 6.07) is 12.2. The predicted octanol–water partition coefficient (Wildman–Crippen LogP) is 1.65. The number of aryl methyl sites for hydroxylation is 1. The Labute approximate surface area is 159 Å². The molecular formula is C19H24N2O5S. The fourth-order valence-corrected chi connectivity index (χ4v) is 3.80. The van der Waals surface area contributed by atoms with E-state index in [-0.39, 0.29) is 11.4 Å². The summed E-state index contributed by atoms with van der Waals surface area (Å²) in [6.45, 7) is 1.71. The number of para-hydroxylation sites is 1. The van der Waals surface area contributed by atoms with Crippen molar-refractivity contribution in [2.24, 2.45) is 0 Å². The van der Waals surface area contributed by atoms with Crippen molar-refractivity contribution in [2.75, 3.05) is 27.3 Å². The molecule has 8 heteroatoms. The summed E-state index contributed by atoms with van der Waals surface area (Å²) in [7, 11) is -0.684. The van der Waals surface area contributed by atoms with Crippen LogP contribution in [0.2, 0.25) is 0 Å². The van der Waals surface area contributed by atoms with Crippen LogP contribution in [0.5, 0.6) is 11.5 Å². The third-order valence-electron chi connectivity index (χ3n) is 4.00. The first-order valence-corrected chi connectivity index (χ1v) is 9.88. The first-order valence-electron chi connectivity index (χ1n) is 8.40. The second-order valence-corrected chi connectivity index (χ2v) is 7.60. The van der Waals surface area contributed by atoms with Crippen LogP contribution in [0.15, 0.2) is 47.4 Å². The Morgan fingerprint density at radius 1 is 1.07 bits per heavy atom. The first-order chi connectivity index (χ1) is 12.9. The number of hydrogen-bond acceptors (Lipinski definition) is 5. The molecule has 0 atom stereocenters. The maximum Gasteiger partial charge on any atom is 0.241 e. The van der Waals surface area contributed by atoms with Crippen LogP contribution in [0.1, 0.15) is 11.1 Å². The lowest BCUT2D eigenvalue weighted by Gasteiger charge is -2.11. The van der Waals surface area contributed by atoms with Crippen LogP contribution in [0.4, 0.5) is 0 Å². The molecule has 1 amide bonds. The van der Waals surface area contributed by atoms with E-state index < -0.39 is 15.9 Å². The molecule has 0 unspecified atom stereocenters. The Morgan fingerprint density at radius 3 is 2.48 bits per heavy atom. The highest BCUT2D eigenvalue weighted by Crippen LogP contribution is 2.20. The minimum Gasteiger partial charge on any atom is -0.497 e. The number of benzene rings is 2. The molecule has 2 rings (SSSR count). The summed E-state index contributed by atoms with van der Waals surface area (Å²) in [5.74, 6) is 0.919. The summed E-state index contributed by atoms with van der Waals surface area (Å²) < 4.78 is 37.4. The largest absolute Gasteiger partial charge is 0.497 e. The van der Waals surface area contributed by atoms with E-state index in [1.54, 1.807) is 26.2 Å². The zero-order valence-electron chi connectivity index (χ0n) is 15.6. The number of rotatable bonds is 9.